The first-order valence-electron chi connectivity index (χ1n) is 8.15. The van der Waals surface area contributed by atoms with Gasteiger partial charge in [0, 0.05) is 10.8 Å². The summed E-state index contributed by atoms with van der Waals surface area (Å²) < 4.78 is 5.60. The maximum Gasteiger partial charge on any atom is 0.172 e. The zero-order chi connectivity index (χ0) is 15.1. The molecule has 21 heavy (non-hydrogen) atoms. The number of rotatable bonds is 7. The molecule has 0 heterocycles. The Morgan fingerprint density at radius 1 is 1.24 bits per heavy atom. The van der Waals surface area contributed by atoms with E-state index < -0.39 is 0 Å². The van der Waals surface area contributed by atoms with Crippen molar-refractivity contribution < 1.29 is 9.53 Å². The number of aryl methyl sites for hydroxylation is 1. The summed E-state index contributed by atoms with van der Waals surface area (Å²) in [6, 6.07) is 5.86. The molecule has 0 spiro atoms. The van der Waals surface area contributed by atoms with E-state index in [4.69, 9.17) is 4.74 Å². The zero-order valence-electron chi connectivity index (χ0n) is 13.2. The lowest BCUT2D eigenvalue weighted by atomic mass is 10.0. The van der Waals surface area contributed by atoms with E-state index in [-0.39, 0.29) is 5.78 Å². The Morgan fingerprint density at radius 3 is 2.67 bits per heavy atom. The first-order chi connectivity index (χ1) is 10.2. The molecule has 0 aromatic heterocycles. The molecule has 1 aromatic rings. The summed E-state index contributed by atoms with van der Waals surface area (Å²) in [6.45, 7) is 4.75. The van der Waals surface area contributed by atoms with Gasteiger partial charge in [-0.2, -0.15) is 11.8 Å². The van der Waals surface area contributed by atoms with Gasteiger partial charge in [0.05, 0.1) is 12.4 Å². The highest BCUT2D eigenvalue weighted by atomic mass is 32.2. The molecule has 116 valence electrons. The highest BCUT2D eigenvalue weighted by molar-refractivity contribution is 8.00. The largest absolute Gasteiger partial charge is 0.494 e. The molecular formula is C18H26O2S. The molecule has 2 nitrogen and oxygen atoms in total. The summed E-state index contributed by atoms with van der Waals surface area (Å²) in [6.07, 6.45) is 7.47. The fraction of sp³-hybridized carbons (Fsp3) is 0.611. The third-order valence-corrected chi connectivity index (χ3v) is 5.44. The molecular weight excluding hydrogens is 280 g/mol. The van der Waals surface area contributed by atoms with E-state index in [1.807, 2.05) is 36.9 Å². The van der Waals surface area contributed by atoms with Crippen LogP contribution in [0.15, 0.2) is 18.2 Å². The Hall–Kier alpha value is -0.960. The van der Waals surface area contributed by atoms with Gasteiger partial charge in [0.25, 0.3) is 0 Å². The van der Waals surface area contributed by atoms with Crippen molar-refractivity contribution in [2.45, 2.75) is 57.6 Å². The molecule has 0 N–H and O–H groups in total. The number of thioether (sulfide) groups is 1. The van der Waals surface area contributed by atoms with Gasteiger partial charge in [-0.25, -0.2) is 0 Å². The van der Waals surface area contributed by atoms with Gasteiger partial charge in [0.15, 0.2) is 5.78 Å². The highest BCUT2D eigenvalue weighted by Crippen LogP contribution is 2.29. The molecule has 1 aliphatic carbocycles. The van der Waals surface area contributed by atoms with Gasteiger partial charge in [0.1, 0.15) is 5.75 Å². The average Bonchev–Trinajstić information content (AvgIpc) is 2.54. The standard InChI is InChI=1S/C18H26O2S/c1-3-14-12-15(10-11-18(14)20-4-2)17(19)13-21-16-8-6-5-7-9-16/h10-12,16H,3-9,13H2,1-2H3. The van der Waals surface area contributed by atoms with Gasteiger partial charge >= 0.3 is 0 Å². The van der Waals surface area contributed by atoms with Gasteiger partial charge < -0.3 is 4.74 Å². The van der Waals surface area contributed by atoms with Gasteiger partial charge in [0.2, 0.25) is 0 Å². The van der Waals surface area contributed by atoms with Crippen molar-refractivity contribution >= 4 is 17.5 Å². The van der Waals surface area contributed by atoms with Crippen LogP contribution in [0.4, 0.5) is 0 Å². The first kappa shape index (κ1) is 16.4. The van der Waals surface area contributed by atoms with E-state index >= 15 is 0 Å². The lowest BCUT2D eigenvalue weighted by molar-refractivity contribution is 0.102. The van der Waals surface area contributed by atoms with Crippen molar-refractivity contribution in [1.29, 1.82) is 0 Å². The number of carbonyl (C=O) groups is 1. The highest BCUT2D eigenvalue weighted by Gasteiger charge is 2.16. The minimum absolute atomic E-state index is 0.253. The van der Waals surface area contributed by atoms with Crippen LogP contribution in [0.1, 0.15) is 61.9 Å². The quantitative estimate of drug-likeness (QED) is 0.670. The predicted octanol–water partition coefficient (Wildman–Crippen LogP) is 4.90. The van der Waals surface area contributed by atoms with Crippen LogP contribution in [0.3, 0.4) is 0 Å². The topological polar surface area (TPSA) is 26.3 Å². The monoisotopic (exact) mass is 306 g/mol. The molecule has 0 aliphatic heterocycles. The molecule has 0 bridgehead atoms. The Morgan fingerprint density at radius 2 is 2.00 bits per heavy atom. The number of ketones is 1. The molecule has 2 rings (SSSR count). The van der Waals surface area contributed by atoms with Gasteiger partial charge in [-0.15, -0.1) is 0 Å². The van der Waals surface area contributed by atoms with Crippen molar-refractivity contribution in [2.24, 2.45) is 0 Å². The van der Waals surface area contributed by atoms with Gasteiger partial charge in [-0.05, 0) is 49.9 Å². The number of ether oxygens (including phenoxy) is 1. The first-order valence-corrected chi connectivity index (χ1v) is 9.20. The molecule has 0 unspecified atom stereocenters. The fourth-order valence-corrected chi connectivity index (χ4v) is 4.05. The maximum atomic E-state index is 12.4. The molecule has 1 aliphatic rings. The van der Waals surface area contributed by atoms with E-state index in [0.29, 0.717) is 17.6 Å². The van der Waals surface area contributed by atoms with Crippen molar-refractivity contribution in [1.82, 2.24) is 0 Å². The van der Waals surface area contributed by atoms with Crippen molar-refractivity contribution in [3.05, 3.63) is 29.3 Å². The van der Waals surface area contributed by atoms with Crippen molar-refractivity contribution in [3.8, 4) is 5.75 Å². The van der Waals surface area contributed by atoms with Crippen LogP contribution < -0.4 is 4.74 Å². The number of benzene rings is 1. The molecule has 0 radical (unpaired) electrons. The molecule has 0 atom stereocenters. The second-order valence-electron chi connectivity index (χ2n) is 5.60. The summed E-state index contributed by atoms with van der Waals surface area (Å²) in [7, 11) is 0. The van der Waals surface area contributed by atoms with E-state index in [9.17, 15) is 4.79 Å². The summed E-state index contributed by atoms with van der Waals surface area (Å²) in [5, 5.41) is 0.691. The zero-order valence-corrected chi connectivity index (χ0v) is 14.0. The average molecular weight is 306 g/mol. The second-order valence-corrected chi connectivity index (χ2v) is 6.89. The second kappa shape index (κ2) is 8.47. The van der Waals surface area contributed by atoms with Crippen LogP contribution in [0.25, 0.3) is 0 Å². The maximum absolute atomic E-state index is 12.4. The van der Waals surface area contributed by atoms with Crippen molar-refractivity contribution in [3.63, 3.8) is 0 Å². The summed E-state index contributed by atoms with van der Waals surface area (Å²) in [4.78, 5) is 12.4. The third kappa shape index (κ3) is 4.77. The summed E-state index contributed by atoms with van der Waals surface area (Å²) in [5.74, 6) is 1.78. The van der Waals surface area contributed by atoms with Crippen LogP contribution in [-0.2, 0) is 6.42 Å². The summed E-state index contributed by atoms with van der Waals surface area (Å²) >= 11 is 1.85. The van der Waals surface area contributed by atoms with E-state index in [0.717, 1.165) is 23.3 Å². The van der Waals surface area contributed by atoms with Crippen LogP contribution >= 0.6 is 11.8 Å². The third-order valence-electron chi connectivity index (χ3n) is 4.07. The predicted molar refractivity (Wildman–Crippen MR) is 90.7 cm³/mol. The number of Topliss-reactive ketones (excluding diaryl/α,β-unsaturated/α-hetero) is 1. The van der Waals surface area contributed by atoms with Gasteiger partial charge in [-0.3, -0.25) is 4.79 Å². The molecule has 1 saturated carbocycles. The normalized spacial score (nSPS) is 15.9. The molecule has 0 saturated heterocycles. The van der Waals surface area contributed by atoms with Gasteiger partial charge in [-0.1, -0.05) is 26.2 Å². The number of hydrogen-bond acceptors (Lipinski definition) is 3. The Balaban J connectivity index is 1.95. The molecule has 1 fully saturated rings. The minimum Gasteiger partial charge on any atom is -0.494 e. The SMILES string of the molecule is CCOc1ccc(C(=O)CSC2CCCCC2)cc1CC. The molecule has 0 amide bonds. The van der Waals surface area contributed by atoms with Crippen LogP contribution in [0, 0.1) is 0 Å². The Kier molecular flexibility index (Phi) is 6.62. The van der Waals surface area contributed by atoms with Crippen LogP contribution in [-0.4, -0.2) is 23.4 Å². The lowest BCUT2D eigenvalue weighted by Gasteiger charge is -2.20. The number of carbonyl (C=O) groups excluding carboxylic acids is 1. The molecule has 1 aromatic carbocycles. The van der Waals surface area contributed by atoms with E-state index in [1.54, 1.807) is 0 Å². The van der Waals surface area contributed by atoms with Crippen LogP contribution in [0.2, 0.25) is 0 Å². The molecule has 3 heteroatoms. The van der Waals surface area contributed by atoms with Crippen molar-refractivity contribution in [2.75, 3.05) is 12.4 Å². The minimum atomic E-state index is 0.253. The van der Waals surface area contributed by atoms with E-state index in [2.05, 4.69) is 6.92 Å². The van der Waals surface area contributed by atoms with E-state index in [1.165, 1.54) is 32.1 Å². The Bertz CT molecular complexity index is 464. The number of hydrogen-bond donors (Lipinski definition) is 0. The summed E-state index contributed by atoms with van der Waals surface area (Å²) in [5.41, 5.74) is 1.96. The fourth-order valence-electron chi connectivity index (χ4n) is 2.83. The Labute approximate surface area is 132 Å². The van der Waals surface area contributed by atoms with Crippen LogP contribution in [0.5, 0.6) is 5.75 Å². The lowest BCUT2D eigenvalue weighted by Crippen LogP contribution is -2.12. The smallest absolute Gasteiger partial charge is 0.172 e.